The van der Waals surface area contributed by atoms with Crippen molar-refractivity contribution in [1.29, 1.82) is 0 Å². The van der Waals surface area contributed by atoms with Gasteiger partial charge >= 0.3 is 0 Å². The summed E-state index contributed by atoms with van der Waals surface area (Å²) in [6, 6.07) is 14.9. The van der Waals surface area contributed by atoms with Crippen molar-refractivity contribution in [2.75, 3.05) is 6.54 Å². The van der Waals surface area contributed by atoms with Crippen molar-refractivity contribution in [2.45, 2.75) is 45.4 Å². The molecular weight excluding hydrogens is 561 g/mol. The molecule has 0 spiro atoms. The third-order valence-electron chi connectivity index (χ3n) is 7.11. The van der Waals surface area contributed by atoms with E-state index in [1.54, 1.807) is 47.3 Å². The quantitative estimate of drug-likeness (QED) is 0.254. The SMILES string of the molecule is CC(=O)c1cn(CC(=O)N(CC(=O)NCc2cccc(Cl)c2F)C2CC2)c2ccc(C(=O)NCc3ccccn3)cc12. The van der Waals surface area contributed by atoms with E-state index in [0.29, 0.717) is 27.7 Å². The molecule has 2 heterocycles. The molecule has 1 aliphatic rings. The second kappa shape index (κ2) is 12.5. The molecular formula is C31H29ClFN5O4. The molecule has 11 heteroatoms. The number of Topliss-reactive ketones (excluding diaryl/α,β-unsaturated/α-hetero) is 1. The third kappa shape index (κ3) is 6.66. The first kappa shape index (κ1) is 28.9. The molecule has 5 rings (SSSR count). The van der Waals surface area contributed by atoms with Crippen LogP contribution in [0.4, 0.5) is 4.39 Å². The Morgan fingerprint density at radius 1 is 1.05 bits per heavy atom. The highest BCUT2D eigenvalue weighted by Crippen LogP contribution is 2.28. The van der Waals surface area contributed by atoms with Crippen molar-refractivity contribution in [1.82, 2.24) is 25.1 Å². The van der Waals surface area contributed by atoms with Crippen LogP contribution in [-0.4, -0.2) is 50.5 Å². The van der Waals surface area contributed by atoms with E-state index >= 15 is 0 Å². The number of halogens is 2. The van der Waals surface area contributed by atoms with Gasteiger partial charge in [0.05, 0.1) is 23.8 Å². The van der Waals surface area contributed by atoms with E-state index in [9.17, 15) is 23.6 Å². The van der Waals surface area contributed by atoms with E-state index in [-0.39, 0.29) is 60.4 Å². The highest BCUT2D eigenvalue weighted by atomic mass is 35.5. The number of pyridine rings is 1. The second-order valence-corrected chi connectivity index (χ2v) is 10.6. The van der Waals surface area contributed by atoms with Gasteiger partial charge in [-0.2, -0.15) is 0 Å². The number of fused-ring (bicyclic) bond motifs is 1. The highest BCUT2D eigenvalue weighted by Gasteiger charge is 2.34. The largest absolute Gasteiger partial charge is 0.350 e. The van der Waals surface area contributed by atoms with Crippen molar-refractivity contribution in [3.63, 3.8) is 0 Å². The second-order valence-electron chi connectivity index (χ2n) is 10.2. The fraction of sp³-hybridized carbons (Fsp3) is 0.258. The van der Waals surface area contributed by atoms with Crippen molar-refractivity contribution in [3.05, 3.63) is 100 Å². The van der Waals surface area contributed by atoms with Crippen LogP contribution in [0.25, 0.3) is 10.9 Å². The molecule has 0 aliphatic heterocycles. The van der Waals surface area contributed by atoms with E-state index in [4.69, 9.17) is 11.6 Å². The van der Waals surface area contributed by atoms with Crippen LogP contribution < -0.4 is 10.6 Å². The molecule has 0 bridgehead atoms. The number of hydrogen-bond acceptors (Lipinski definition) is 5. The Kier molecular flexibility index (Phi) is 8.63. The number of nitrogens with zero attached hydrogens (tertiary/aromatic N) is 3. The molecule has 0 atom stereocenters. The number of benzene rings is 2. The average molecular weight is 590 g/mol. The van der Waals surface area contributed by atoms with Crippen LogP contribution in [0.2, 0.25) is 5.02 Å². The van der Waals surface area contributed by atoms with Crippen LogP contribution in [0, 0.1) is 5.82 Å². The molecule has 1 aliphatic carbocycles. The van der Waals surface area contributed by atoms with Crippen LogP contribution in [0.5, 0.6) is 0 Å². The summed E-state index contributed by atoms with van der Waals surface area (Å²) in [4.78, 5) is 57.1. The maximum Gasteiger partial charge on any atom is 0.251 e. The standard InChI is InChI=1S/C31H29ClFN5O4/c1-19(39)25-16-37(27-11-8-20(13-24(25)27)31(42)36-15-22-6-2-3-12-34-22)18-29(41)38(23-9-10-23)17-28(40)35-14-21-5-4-7-26(32)30(21)33/h2-8,11-13,16,23H,9-10,14-15,17-18H2,1H3,(H,35,40)(H,36,42). The maximum atomic E-state index is 14.2. The Hall–Kier alpha value is -4.57. The zero-order valence-electron chi connectivity index (χ0n) is 22.9. The minimum Gasteiger partial charge on any atom is -0.350 e. The molecule has 4 aromatic rings. The molecule has 2 aromatic heterocycles. The van der Waals surface area contributed by atoms with Crippen molar-refractivity contribution in [3.8, 4) is 0 Å². The predicted molar refractivity (Wildman–Crippen MR) is 155 cm³/mol. The Morgan fingerprint density at radius 2 is 1.86 bits per heavy atom. The Labute approximate surface area is 246 Å². The van der Waals surface area contributed by atoms with Crippen LogP contribution in [0.15, 0.2) is 67.0 Å². The molecule has 2 N–H and O–H groups in total. The predicted octanol–water partition coefficient (Wildman–Crippen LogP) is 4.27. The lowest BCUT2D eigenvalue weighted by molar-refractivity contribution is -0.137. The number of carbonyl (C=O) groups excluding carboxylic acids is 4. The van der Waals surface area contributed by atoms with Crippen LogP contribution in [0.1, 0.15) is 51.7 Å². The summed E-state index contributed by atoms with van der Waals surface area (Å²) in [6.45, 7) is 1.36. The first-order chi connectivity index (χ1) is 20.2. The van der Waals surface area contributed by atoms with E-state index < -0.39 is 11.7 Å². The normalized spacial score (nSPS) is 12.6. The van der Waals surface area contributed by atoms with Crippen molar-refractivity contribution in [2.24, 2.45) is 0 Å². The summed E-state index contributed by atoms with van der Waals surface area (Å²) in [5.74, 6) is -1.82. The number of nitrogens with one attached hydrogen (secondary N) is 2. The van der Waals surface area contributed by atoms with E-state index in [1.807, 2.05) is 12.1 Å². The molecule has 42 heavy (non-hydrogen) atoms. The first-order valence-electron chi connectivity index (χ1n) is 13.5. The van der Waals surface area contributed by atoms with Crippen molar-refractivity contribution >= 4 is 46.0 Å². The monoisotopic (exact) mass is 589 g/mol. The summed E-state index contributed by atoms with van der Waals surface area (Å²) in [5.41, 5.74) is 2.34. The lowest BCUT2D eigenvalue weighted by Crippen LogP contribution is -2.43. The Morgan fingerprint density at radius 3 is 2.57 bits per heavy atom. The molecule has 216 valence electrons. The zero-order valence-corrected chi connectivity index (χ0v) is 23.7. The van der Waals surface area contributed by atoms with Crippen molar-refractivity contribution < 1.29 is 23.6 Å². The van der Waals surface area contributed by atoms with Gasteiger partial charge in [-0.3, -0.25) is 24.2 Å². The van der Waals surface area contributed by atoms with Gasteiger partial charge in [0.1, 0.15) is 12.4 Å². The summed E-state index contributed by atoms with van der Waals surface area (Å²) in [5, 5.41) is 6.01. The lowest BCUT2D eigenvalue weighted by atomic mass is 10.1. The minimum atomic E-state index is -0.593. The van der Waals surface area contributed by atoms with E-state index in [2.05, 4.69) is 15.6 Å². The van der Waals surface area contributed by atoms with Crippen LogP contribution in [0.3, 0.4) is 0 Å². The summed E-state index contributed by atoms with van der Waals surface area (Å²) in [7, 11) is 0. The third-order valence-corrected chi connectivity index (χ3v) is 7.41. The van der Waals surface area contributed by atoms with Gasteiger partial charge in [-0.05, 0) is 56.2 Å². The molecule has 9 nitrogen and oxygen atoms in total. The molecule has 3 amide bonds. The van der Waals surface area contributed by atoms with Gasteiger partial charge in [0.25, 0.3) is 5.91 Å². The summed E-state index contributed by atoms with van der Waals surface area (Å²) >= 11 is 5.82. The Balaban J connectivity index is 1.28. The smallest absolute Gasteiger partial charge is 0.251 e. The van der Waals surface area contributed by atoms with Crippen LogP contribution in [-0.2, 0) is 29.2 Å². The topological polar surface area (TPSA) is 113 Å². The molecule has 1 fully saturated rings. The van der Waals surface area contributed by atoms with E-state index in [0.717, 1.165) is 12.8 Å². The molecule has 0 radical (unpaired) electrons. The number of ketones is 1. The maximum absolute atomic E-state index is 14.2. The number of amides is 3. The van der Waals surface area contributed by atoms with Crippen LogP contribution >= 0.6 is 11.6 Å². The van der Waals surface area contributed by atoms with Gasteiger partial charge in [0, 0.05) is 52.6 Å². The van der Waals surface area contributed by atoms with Gasteiger partial charge in [0.2, 0.25) is 11.8 Å². The van der Waals surface area contributed by atoms with Gasteiger partial charge in [-0.25, -0.2) is 4.39 Å². The summed E-state index contributed by atoms with van der Waals surface area (Å²) in [6.07, 6.45) is 4.82. The summed E-state index contributed by atoms with van der Waals surface area (Å²) < 4.78 is 15.9. The fourth-order valence-corrected chi connectivity index (χ4v) is 4.95. The number of hydrogen-bond donors (Lipinski definition) is 2. The first-order valence-corrected chi connectivity index (χ1v) is 13.9. The average Bonchev–Trinajstić information content (AvgIpc) is 3.77. The highest BCUT2D eigenvalue weighted by molar-refractivity contribution is 6.30. The Bertz CT molecular complexity index is 1670. The van der Waals surface area contributed by atoms with Gasteiger partial charge in [-0.1, -0.05) is 29.8 Å². The van der Waals surface area contributed by atoms with Gasteiger partial charge in [0.15, 0.2) is 5.78 Å². The van der Waals surface area contributed by atoms with Gasteiger partial charge in [-0.15, -0.1) is 0 Å². The molecule has 1 saturated carbocycles. The zero-order chi connectivity index (χ0) is 29.8. The molecule has 2 aromatic carbocycles. The number of aromatic nitrogens is 2. The number of rotatable bonds is 11. The lowest BCUT2D eigenvalue weighted by Gasteiger charge is -2.22. The van der Waals surface area contributed by atoms with E-state index in [1.165, 1.54) is 24.0 Å². The minimum absolute atomic E-state index is 0.0300. The fourth-order valence-electron chi connectivity index (χ4n) is 4.76. The molecule has 0 saturated heterocycles. The number of carbonyl (C=O) groups is 4. The molecule has 0 unspecified atom stereocenters. The van der Waals surface area contributed by atoms with Gasteiger partial charge < -0.3 is 20.1 Å².